The van der Waals surface area contributed by atoms with Crippen LogP contribution in [0.5, 0.6) is 0 Å². The first-order valence-electron chi connectivity index (χ1n) is 4.72. The lowest BCUT2D eigenvalue weighted by Gasteiger charge is -1.79. The van der Waals surface area contributed by atoms with Crippen molar-refractivity contribution in [1.29, 1.82) is 0 Å². The van der Waals surface area contributed by atoms with E-state index in [1.165, 1.54) is 13.5 Å². The van der Waals surface area contributed by atoms with Crippen molar-refractivity contribution in [2.75, 3.05) is 7.05 Å². The van der Waals surface area contributed by atoms with Crippen LogP contribution in [0.1, 0.15) is 54.9 Å². The third-order valence-electron chi connectivity index (χ3n) is 0. The summed E-state index contributed by atoms with van der Waals surface area (Å²) in [6.07, 6.45) is 1.25. The number of nitrogens with two attached hydrogens (primary N) is 1. The van der Waals surface area contributed by atoms with Crippen molar-refractivity contribution in [3.05, 3.63) is 0 Å². The van der Waals surface area contributed by atoms with Crippen molar-refractivity contribution >= 4 is 0 Å². The van der Waals surface area contributed by atoms with Gasteiger partial charge in [0.05, 0.1) is 0 Å². The van der Waals surface area contributed by atoms with Crippen LogP contribution in [-0.2, 0) is 0 Å². The maximum atomic E-state index is 4.50. The lowest BCUT2D eigenvalue weighted by atomic mass is 10.3. The molecule has 1 heteroatoms. The Bertz CT molecular complexity index is 16.1. The van der Waals surface area contributed by atoms with Crippen LogP contribution in [-0.4, -0.2) is 7.05 Å². The second-order valence-electron chi connectivity index (χ2n) is 2.44. The predicted octanol–water partition coefficient (Wildman–Crippen LogP) is 3.68. The molecule has 0 fully saturated rings. The average molecular weight is 163 g/mol. The molecule has 0 rings (SSSR count). The molecule has 1 nitrogen and oxygen atoms in total. The van der Waals surface area contributed by atoms with Crippen molar-refractivity contribution in [3.63, 3.8) is 0 Å². The largest absolute Gasteiger partial charge is 0.333 e. The van der Waals surface area contributed by atoms with Gasteiger partial charge in [0.2, 0.25) is 0 Å². The Morgan fingerprint density at radius 3 is 0.909 bits per heavy atom. The summed E-state index contributed by atoms with van der Waals surface area (Å²) >= 11 is 0. The molecule has 0 saturated heterocycles. The second kappa shape index (κ2) is 51.0. The first kappa shape index (κ1) is 22.4. The van der Waals surface area contributed by atoms with Crippen molar-refractivity contribution in [2.45, 2.75) is 54.9 Å². The van der Waals surface area contributed by atoms with Crippen molar-refractivity contribution in [1.82, 2.24) is 0 Å². The molecular weight excluding hydrogens is 134 g/mol. The van der Waals surface area contributed by atoms with Crippen LogP contribution >= 0.6 is 0 Å². The highest BCUT2D eigenvalue weighted by atomic mass is 14.4. The summed E-state index contributed by atoms with van der Waals surface area (Å²) in [4.78, 5) is 0. The molecule has 74 valence electrons. The van der Waals surface area contributed by atoms with E-state index < -0.39 is 0 Å². The van der Waals surface area contributed by atoms with Crippen LogP contribution in [0.25, 0.3) is 0 Å². The monoisotopic (exact) mass is 163 g/mol. The fourth-order valence-electron chi connectivity index (χ4n) is 0. The highest BCUT2D eigenvalue weighted by molar-refractivity contribution is 4.20. The highest BCUT2D eigenvalue weighted by Crippen LogP contribution is 1.81. The average Bonchev–Trinajstić information content (AvgIpc) is 1.96. The van der Waals surface area contributed by atoms with Gasteiger partial charge >= 0.3 is 0 Å². The smallest absolute Gasteiger partial charge is 0.0195 e. The maximum absolute atomic E-state index is 4.50. The minimum Gasteiger partial charge on any atom is -0.333 e. The first-order chi connectivity index (χ1) is 5.15. The highest BCUT2D eigenvalue weighted by Gasteiger charge is 1.68. The van der Waals surface area contributed by atoms with E-state index in [9.17, 15) is 0 Å². The molecule has 0 aliphatic heterocycles. The van der Waals surface area contributed by atoms with Gasteiger partial charge in [-0.3, -0.25) is 0 Å². The normalized spacial score (nSPS) is 6.00. The van der Waals surface area contributed by atoms with Crippen LogP contribution in [0.15, 0.2) is 0 Å². The summed E-state index contributed by atoms with van der Waals surface area (Å²) in [5.74, 6) is 0.833. The molecule has 0 atom stereocenters. The van der Waals surface area contributed by atoms with Crippen LogP contribution in [0.4, 0.5) is 0 Å². The molecule has 11 heavy (non-hydrogen) atoms. The lowest BCUT2D eigenvalue weighted by molar-refractivity contribution is 0.737. The zero-order valence-corrected chi connectivity index (χ0v) is 9.86. The molecule has 0 aromatic heterocycles. The van der Waals surface area contributed by atoms with Crippen molar-refractivity contribution < 1.29 is 0 Å². The SMILES string of the molecule is CC.CC(C)C.CCC.CN. The molecule has 0 unspecified atom stereocenters. The van der Waals surface area contributed by atoms with E-state index in [-0.39, 0.29) is 0 Å². The maximum Gasteiger partial charge on any atom is -0.0195 e. The number of rotatable bonds is 0. The minimum atomic E-state index is 0.833. The van der Waals surface area contributed by atoms with Crippen LogP contribution in [0, 0.1) is 5.92 Å². The Labute approximate surface area is 74.4 Å². The van der Waals surface area contributed by atoms with Gasteiger partial charge < -0.3 is 5.73 Å². The van der Waals surface area contributed by atoms with E-state index >= 15 is 0 Å². The summed E-state index contributed by atoms with van der Waals surface area (Å²) in [5.41, 5.74) is 4.50. The molecule has 0 spiro atoms. The zero-order chi connectivity index (χ0) is 10.3. The molecule has 0 bridgehead atoms. The fourth-order valence-corrected chi connectivity index (χ4v) is 0. The van der Waals surface area contributed by atoms with Gasteiger partial charge in [0.25, 0.3) is 0 Å². The van der Waals surface area contributed by atoms with E-state index in [0.29, 0.717) is 0 Å². The molecule has 0 amide bonds. The quantitative estimate of drug-likeness (QED) is 0.579. The van der Waals surface area contributed by atoms with Gasteiger partial charge in [-0.25, -0.2) is 0 Å². The topological polar surface area (TPSA) is 26.0 Å². The van der Waals surface area contributed by atoms with Crippen LogP contribution in [0.3, 0.4) is 0 Å². The summed E-state index contributed by atoms with van der Waals surface area (Å²) < 4.78 is 0. The first-order valence-corrected chi connectivity index (χ1v) is 4.72. The van der Waals surface area contributed by atoms with E-state index in [0.717, 1.165) is 5.92 Å². The van der Waals surface area contributed by atoms with E-state index in [2.05, 4.69) is 40.4 Å². The van der Waals surface area contributed by atoms with E-state index in [4.69, 9.17) is 0 Å². The molecule has 0 aromatic carbocycles. The standard InChI is InChI=1S/C4H10.C3H8.C2H6.CH5N/c1-4(2)3;1-3-2;2*1-2/h4H,1-3H3;3H2,1-2H3;1-2H3;2H2,1H3. The molecule has 2 N–H and O–H groups in total. The Hall–Kier alpha value is -0.0400. The van der Waals surface area contributed by atoms with Gasteiger partial charge in [-0.05, 0) is 13.0 Å². The predicted molar refractivity (Wildman–Crippen MR) is 57.9 cm³/mol. The third-order valence-corrected chi connectivity index (χ3v) is 0. The van der Waals surface area contributed by atoms with Gasteiger partial charge in [-0.1, -0.05) is 54.9 Å². The molecule has 0 heterocycles. The second-order valence-corrected chi connectivity index (χ2v) is 2.44. The summed E-state index contributed by atoms with van der Waals surface area (Å²) in [5, 5.41) is 0. The van der Waals surface area contributed by atoms with Gasteiger partial charge in [-0.15, -0.1) is 0 Å². The fraction of sp³-hybridized carbons (Fsp3) is 1.00. The van der Waals surface area contributed by atoms with Gasteiger partial charge in [0.15, 0.2) is 0 Å². The van der Waals surface area contributed by atoms with Crippen LogP contribution in [0.2, 0.25) is 0 Å². The molecule has 0 aliphatic rings. The summed E-state index contributed by atoms with van der Waals surface area (Å²) in [6, 6.07) is 0. The van der Waals surface area contributed by atoms with Gasteiger partial charge in [0, 0.05) is 0 Å². The van der Waals surface area contributed by atoms with E-state index in [1.54, 1.807) is 0 Å². The van der Waals surface area contributed by atoms with Crippen LogP contribution < -0.4 is 5.73 Å². The lowest BCUT2D eigenvalue weighted by Crippen LogP contribution is -1.69. The Balaban J connectivity index is -0.0000000315. The number of hydrogen-bond donors (Lipinski definition) is 1. The molecule has 0 radical (unpaired) electrons. The summed E-state index contributed by atoms with van der Waals surface area (Å²) in [6.45, 7) is 14.7. The van der Waals surface area contributed by atoms with E-state index in [1.807, 2.05) is 13.8 Å². The zero-order valence-electron chi connectivity index (χ0n) is 9.86. The molecule has 0 saturated carbocycles. The third kappa shape index (κ3) is 394000. The summed E-state index contributed by atoms with van der Waals surface area (Å²) in [7, 11) is 1.50. The Morgan fingerprint density at radius 1 is 0.909 bits per heavy atom. The van der Waals surface area contributed by atoms with Crippen molar-refractivity contribution in [3.8, 4) is 0 Å². The Morgan fingerprint density at radius 2 is 0.909 bits per heavy atom. The van der Waals surface area contributed by atoms with Gasteiger partial charge in [-0.2, -0.15) is 0 Å². The van der Waals surface area contributed by atoms with Gasteiger partial charge in [0.1, 0.15) is 0 Å². The van der Waals surface area contributed by atoms with Crippen molar-refractivity contribution in [2.24, 2.45) is 11.7 Å². The molecular formula is C10H29N. The molecule has 0 aromatic rings. The number of hydrogen-bond acceptors (Lipinski definition) is 1. The minimum absolute atomic E-state index is 0.833. The molecule has 0 aliphatic carbocycles. The Kier molecular flexibility index (Phi) is 104.